The molecule has 3 aromatic heterocycles. The fourth-order valence-electron chi connectivity index (χ4n) is 4.81. The first-order valence-corrected chi connectivity index (χ1v) is 13.9. The molecular weight excluding hydrogens is 512 g/mol. The quantitative estimate of drug-likeness (QED) is 0.296. The number of likely N-dealkylation sites (tertiary alicyclic amines) is 1. The molecule has 1 fully saturated rings. The summed E-state index contributed by atoms with van der Waals surface area (Å²) in [6.45, 7) is 4.06. The molecule has 1 aliphatic rings. The second-order valence-electron chi connectivity index (χ2n) is 9.73. The highest BCUT2D eigenvalue weighted by Crippen LogP contribution is 2.35. The number of amides is 2. The molecule has 0 atom stereocenters. The van der Waals surface area contributed by atoms with Gasteiger partial charge in [-0.1, -0.05) is 36.4 Å². The van der Waals surface area contributed by atoms with Gasteiger partial charge >= 0.3 is 0 Å². The first-order valence-electron chi connectivity index (χ1n) is 13.0. The van der Waals surface area contributed by atoms with Crippen molar-refractivity contribution in [3.05, 3.63) is 77.1 Å². The van der Waals surface area contributed by atoms with Gasteiger partial charge in [0.1, 0.15) is 11.4 Å². The Morgan fingerprint density at radius 3 is 2.56 bits per heavy atom. The zero-order valence-corrected chi connectivity index (χ0v) is 22.7. The molecule has 0 radical (unpaired) electrons. The molecule has 202 valence electrons. The monoisotopic (exact) mass is 544 g/mol. The number of aliphatic hydroxyl groups is 1. The van der Waals surface area contributed by atoms with Gasteiger partial charge in [0, 0.05) is 55.8 Å². The van der Waals surface area contributed by atoms with E-state index in [0.29, 0.717) is 56.4 Å². The van der Waals surface area contributed by atoms with Crippen LogP contribution in [0.2, 0.25) is 0 Å². The van der Waals surface area contributed by atoms with E-state index < -0.39 is 5.60 Å². The minimum atomic E-state index is -0.817. The van der Waals surface area contributed by atoms with Crippen molar-refractivity contribution in [2.75, 3.05) is 31.5 Å². The number of aromatic nitrogens is 3. The van der Waals surface area contributed by atoms with E-state index in [-0.39, 0.29) is 18.4 Å². The highest BCUT2D eigenvalue weighted by molar-refractivity contribution is 7.10. The SMILES string of the molecule is CC(=O)NCCn1cccc1-c1cc(NC(=O)CN2CCC(O)(c3cccs3)CC2)nc(-c2ccccc2)n1. The fourth-order valence-corrected chi connectivity index (χ4v) is 5.69. The highest BCUT2D eigenvalue weighted by atomic mass is 32.1. The molecule has 9 nitrogen and oxygen atoms in total. The van der Waals surface area contributed by atoms with Crippen molar-refractivity contribution in [3.63, 3.8) is 0 Å². The molecule has 0 saturated carbocycles. The minimum Gasteiger partial charge on any atom is -0.384 e. The summed E-state index contributed by atoms with van der Waals surface area (Å²) in [5.74, 6) is 0.691. The number of anilines is 1. The van der Waals surface area contributed by atoms with Crippen LogP contribution in [-0.4, -0.2) is 62.5 Å². The molecule has 3 N–H and O–H groups in total. The molecule has 1 saturated heterocycles. The van der Waals surface area contributed by atoms with E-state index in [9.17, 15) is 14.7 Å². The molecule has 5 rings (SSSR count). The Morgan fingerprint density at radius 2 is 1.85 bits per heavy atom. The van der Waals surface area contributed by atoms with Crippen molar-refractivity contribution in [1.82, 2.24) is 24.8 Å². The summed E-state index contributed by atoms with van der Waals surface area (Å²) in [7, 11) is 0. The summed E-state index contributed by atoms with van der Waals surface area (Å²) >= 11 is 1.57. The number of thiophene rings is 1. The molecule has 0 unspecified atom stereocenters. The summed E-state index contributed by atoms with van der Waals surface area (Å²) < 4.78 is 2.01. The van der Waals surface area contributed by atoms with Crippen LogP contribution in [0.5, 0.6) is 0 Å². The normalized spacial score (nSPS) is 15.1. The number of piperidine rings is 1. The molecule has 4 heterocycles. The largest absolute Gasteiger partial charge is 0.384 e. The zero-order valence-electron chi connectivity index (χ0n) is 21.8. The third-order valence-electron chi connectivity index (χ3n) is 6.87. The number of nitrogens with zero attached hydrogens (tertiary/aromatic N) is 4. The third-order valence-corrected chi connectivity index (χ3v) is 7.94. The summed E-state index contributed by atoms with van der Waals surface area (Å²) in [5, 5.41) is 18.8. The second-order valence-corrected chi connectivity index (χ2v) is 10.7. The van der Waals surface area contributed by atoms with Gasteiger partial charge in [0.25, 0.3) is 0 Å². The topological polar surface area (TPSA) is 112 Å². The van der Waals surface area contributed by atoms with Crippen LogP contribution < -0.4 is 10.6 Å². The van der Waals surface area contributed by atoms with Crippen molar-refractivity contribution in [3.8, 4) is 22.8 Å². The van der Waals surface area contributed by atoms with Crippen molar-refractivity contribution in [2.45, 2.75) is 31.9 Å². The van der Waals surface area contributed by atoms with Gasteiger partial charge in [-0.05, 0) is 36.4 Å². The van der Waals surface area contributed by atoms with Gasteiger partial charge in [0.15, 0.2) is 5.82 Å². The van der Waals surface area contributed by atoms with E-state index in [4.69, 9.17) is 4.98 Å². The zero-order chi connectivity index (χ0) is 27.2. The molecule has 2 amide bonds. The molecule has 1 aliphatic heterocycles. The van der Waals surface area contributed by atoms with Gasteiger partial charge < -0.3 is 20.3 Å². The van der Waals surface area contributed by atoms with Crippen molar-refractivity contribution < 1.29 is 14.7 Å². The smallest absolute Gasteiger partial charge is 0.239 e. The van der Waals surface area contributed by atoms with E-state index in [1.165, 1.54) is 6.92 Å². The Labute approximate surface area is 231 Å². The van der Waals surface area contributed by atoms with Gasteiger partial charge in [0.05, 0.1) is 17.9 Å². The van der Waals surface area contributed by atoms with Crippen molar-refractivity contribution in [1.29, 1.82) is 0 Å². The molecule has 1 aromatic carbocycles. The van der Waals surface area contributed by atoms with E-state index >= 15 is 0 Å². The number of rotatable bonds is 9. The Bertz CT molecular complexity index is 1410. The minimum absolute atomic E-state index is 0.0768. The van der Waals surface area contributed by atoms with Crippen LogP contribution in [-0.2, 0) is 21.7 Å². The molecule has 4 aromatic rings. The maximum absolute atomic E-state index is 13.1. The lowest BCUT2D eigenvalue weighted by molar-refractivity contribution is -0.119. The standard InChI is InChI=1S/C29H32N6O3S/c1-21(36)30-13-17-35-14-5-9-24(35)23-19-26(33-28(31-23)22-7-3-2-4-8-22)32-27(37)20-34-15-11-29(38,12-16-34)25-10-6-18-39-25/h2-10,14,18-19,38H,11-13,15-17,20H2,1H3,(H,30,36)(H,31,32,33,37). The van der Waals surface area contributed by atoms with Crippen LogP contribution in [0, 0.1) is 0 Å². The second kappa shape index (κ2) is 11.9. The van der Waals surface area contributed by atoms with E-state index in [1.807, 2.05) is 70.7 Å². The predicted octanol–water partition coefficient (Wildman–Crippen LogP) is 3.73. The average Bonchev–Trinajstić information content (AvgIpc) is 3.64. The summed E-state index contributed by atoms with van der Waals surface area (Å²) in [5.41, 5.74) is 1.56. The lowest BCUT2D eigenvalue weighted by atomic mass is 9.90. The van der Waals surface area contributed by atoms with Crippen molar-refractivity contribution in [2.24, 2.45) is 0 Å². The summed E-state index contributed by atoms with van der Waals surface area (Å²) in [6, 6.07) is 19.2. The lowest BCUT2D eigenvalue weighted by Gasteiger charge is -2.37. The Hall–Kier alpha value is -3.86. The van der Waals surface area contributed by atoms with Crippen LogP contribution in [0.15, 0.2) is 72.2 Å². The lowest BCUT2D eigenvalue weighted by Crippen LogP contribution is -2.45. The van der Waals surface area contributed by atoms with Crippen LogP contribution in [0.3, 0.4) is 0 Å². The average molecular weight is 545 g/mol. The molecule has 0 aliphatic carbocycles. The molecule has 10 heteroatoms. The van der Waals surface area contributed by atoms with Crippen LogP contribution >= 0.6 is 11.3 Å². The van der Waals surface area contributed by atoms with Crippen LogP contribution in [0.25, 0.3) is 22.8 Å². The maximum Gasteiger partial charge on any atom is 0.239 e. The number of benzene rings is 1. The number of hydrogen-bond donors (Lipinski definition) is 3. The van der Waals surface area contributed by atoms with E-state index in [1.54, 1.807) is 17.4 Å². The first-order chi connectivity index (χ1) is 18.9. The predicted molar refractivity (Wildman–Crippen MR) is 152 cm³/mol. The maximum atomic E-state index is 13.1. The van der Waals surface area contributed by atoms with Gasteiger partial charge in [-0.3, -0.25) is 14.5 Å². The Balaban J connectivity index is 1.32. The molecule has 0 bridgehead atoms. The van der Waals surface area contributed by atoms with Crippen LogP contribution in [0.1, 0.15) is 24.6 Å². The number of carbonyl (C=O) groups is 2. The number of carbonyl (C=O) groups excluding carboxylic acids is 2. The highest BCUT2D eigenvalue weighted by Gasteiger charge is 2.35. The molecular formula is C29H32N6O3S. The molecule has 0 spiro atoms. The summed E-state index contributed by atoms with van der Waals surface area (Å²) in [6.07, 6.45) is 3.12. The molecule has 39 heavy (non-hydrogen) atoms. The van der Waals surface area contributed by atoms with Crippen LogP contribution in [0.4, 0.5) is 5.82 Å². The van der Waals surface area contributed by atoms with Gasteiger partial charge in [-0.15, -0.1) is 11.3 Å². The Kier molecular flexibility index (Phi) is 8.16. The van der Waals surface area contributed by atoms with Gasteiger partial charge in [0.2, 0.25) is 11.8 Å². The fraction of sp³-hybridized carbons (Fsp3) is 0.310. The van der Waals surface area contributed by atoms with Crippen molar-refractivity contribution >= 4 is 29.0 Å². The Morgan fingerprint density at radius 1 is 1.05 bits per heavy atom. The van der Waals surface area contributed by atoms with E-state index in [0.717, 1.165) is 16.1 Å². The van der Waals surface area contributed by atoms with E-state index in [2.05, 4.69) is 20.5 Å². The number of nitrogens with one attached hydrogen (secondary N) is 2. The number of hydrogen-bond acceptors (Lipinski definition) is 7. The van der Waals surface area contributed by atoms with Gasteiger partial charge in [-0.2, -0.15) is 0 Å². The van der Waals surface area contributed by atoms with Gasteiger partial charge in [-0.25, -0.2) is 9.97 Å². The summed E-state index contributed by atoms with van der Waals surface area (Å²) in [4.78, 5) is 36.9. The first kappa shape index (κ1) is 26.7. The third kappa shape index (κ3) is 6.59.